The summed E-state index contributed by atoms with van der Waals surface area (Å²) in [6.07, 6.45) is 3.64. The molecule has 25 heavy (non-hydrogen) atoms. The van der Waals surface area contributed by atoms with Crippen molar-refractivity contribution in [1.82, 2.24) is 14.8 Å². The molecule has 1 fully saturated rings. The van der Waals surface area contributed by atoms with E-state index in [-0.39, 0.29) is 18.2 Å². The lowest BCUT2D eigenvalue weighted by Gasteiger charge is -2.34. The Morgan fingerprint density at radius 1 is 1.16 bits per heavy atom. The molecule has 132 valence electrons. The molecule has 0 aliphatic carbocycles. The van der Waals surface area contributed by atoms with Crippen molar-refractivity contribution in [3.63, 3.8) is 0 Å². The summed E-state index contributed by atoms with van der Waals surface area (Å²) in [6, 6.07) is 7.01. The fourth-order valence-corrected chi connectivity index (χ4v) is 3.15. The molecule has 1 saturated heterocycles. The predicted molar refractivity (Wildman–Crippen MR) is 95.0 cm³/mol. The fraction of sp³-hybridized carbons (Fsp3) is 0.333. The highest BCUT2D eigenvalue weighted by Gasteiger charge is 2.25. The number of nitrogens with one attached hydrogen (secondary N) is 1. The maximum Gasteiger partial charge on any atom is 0.255 e. The second-order valence-corrected chi connectivity index (χ2v) is 6.34. The van der Waals surface area contributed by atoms with E-state index in [1.807, 2.05) is 0 Å². The minimum Gasteiger partial charge on any atom is -0.496 e. The van der Waals surface area contributed by atoms with Crippen LogP contribution in [0.3, 0.4) is 0 Å². The molecule has 1 aromatic heterocycles. The molecule has 2 heterocycles. The normalized spacial score (nSPS) is 14.5. The third-order valence-corrected chi connectivity index (χ3v) is 4.58. The van der Waals surface area contributed by atoms with Gasteiger partial charge >= 0.3 is 0 Å². The predicted octanol–water partition coefficient (Wildman–Crippen LogP) is 2.20. The number of aromatic amines is 1. The topological polar surface area (TPSA) is 65.6 Å². The molecule has 0 saturated carbocycles. The number of H-pyrrole nitrogens is 1. The van der Waals surface area contributed by atoms with Crippen LogP contribution in [0.15, 0.2) is 36.7 Å². The van der Waals surface area contributed by atoms with Crippen molar-refractivity contribution in [3.05, 3.63) is 52.8 Å². The van der Waals surface area contributed by atoms with Crippen molar-refractivity contribution in [2.24, 2.45) is 0 Å². The number of halogens is 1. The monoisotopic (exact) mass is 361 g/mol. The highest BCUT2D eigenvalue weighted by atomic mass is 35.5. The lowest BCUT2D eigenvalue weighted by molar-refractivity contribution is -0.131. The number of nitrogens with zero attached hydrogens (tertiary/aromatic N) is 2. The lowest BCUT2D eigenvalue weighted by Crippen LogP contribution is -2.50. The van der Waals surface area contributed by atoms with Crippen LogP contribution in [0.1, 0.15) is 15.9 Å². The largest absolute Gasteiger partial charge is 0.496 e. The zero-order valence-corrected chi connectivity index (χ0v) is 14.8. The number of rotatable bonds is 4. The maximum atomic E-state index is 12.6. The quantitative estimate of drug-likeness (QED) is 0.908. The van der Waals surface area contributed by atoms with Gasteiger partial charge in [0.2, 0.25) is 5.91 Å². The molecule has 0 unspecified atom stereocenters. The Hall–Kier alpha value is -2.47. The van der Waals surface area contributed by atoms with E-state index in [0.717, 1.165) is 5.56 Å². The first kappa shape index (κ1) is 17.4. The molecule has 1 aliphatic heterocycles. The van der Waals surface area contributed by atoms with E-state index in [9.17, 15) is 9.59 Å². The van der Waals surface area contributed by atoms with E-state index >= 15 is 0 Å². The van der Waals surface area contributed by atoms with Crippen molar-refractivity contribution >= 4 is 23.4 Å². The average Bonchev–Trinajstić information content (AvgIpc) is 3.16. The van der Waals surface area contributed by atoms with Gasteiger partial charge in [-0.2, -0.15) is 0 Å². The Morgan fingerprint density at radius 2 is 1.88 bits per heavy atom. The van der Waals surface area contributed by atoms with E-state index in [0.29, 0.717) is 42.5 Å². The number of aromatic nitrogens is 1. The van der Waals surface area contributed by atoms with Crippen LogP contribution in [-0.4, -0.2) is 59.9 Å². The molecule has 0 spiro atoms. The smallest absolute Gasteiger partial charge is 0.255 e. The van der Waals surface area contributed by atoms with E-state index in [1.165, 1.54) is 0 Å². The first-order valence-electron chi connectivity index (χ1n) is 8.10. The highest BCUT2D eigenvalue weighted by Crippen LogP contribution is 2.23. The number of methoxy groups -OCH3 is 1. The Morgan fingerprint density at radius 3 is 2.52 bits per heavy atom. The summed E-state index contributed by atoms with van der Waals surface area (Å²) in [5.41, 5.74) is 1.41. The second-order valence-electron chi connectivity index (χ2n) is 5.91. The van der Waals surface area contributed by atoms with Gasteiger partial charge in [0, 0.05) is 49.2 Å². The van der Waals surface area contributed by atoms with Crippen LogP contribution in [0.5, 0.6) is 5.75 Å². The molecule has 0 atom stereocenters. The zero-order chi connectivity index (χ0) is 17.8. The second kappa shape index (κ2) is 7.61. The van der Waals surface area contributed by atoms with Crippen molar-refractivity contribution < 1.29 is 14.3 Å². The van der Waals surface area contributed by atoms with Crippen LogP contribution in [0.2, 0.25) is 5.02 Å². The fourth-order valence-electron chi connectivity index (χ4n) is 2.96. The van der Waals surface area contributed by atoms with Crippen LogP contribution < -0.4 is 4.74 Å². The van der Waals surface area contributed by atoms with Crippen LogP contribution in [0.25, 0.3) is 0 Å². The number of carbonyl (C=O) groups excluding carboxylic acids is 2. The van der Waals surface area contributed by atoms with Gasteiger partial charge in [0.25, 0.3) is 5.91 Å². The van der Waals surface area contributed by atoms with Gasteiger partial charge in [-0.1, -0.05) is 11.6 Å². The third-order valence-electron chi connectivity index (χ3n) is 4.35. The number of ether oxygens (including phenoxy) is 1. The Kier molecular flexibility index (Phi) is 5.28. The van der Waals surface area contributed by atoms with Gasteiger partial charge in [-0.05, 0) is 24.3 Å². The Bertz CT molecular complexity index is 753. The molecule has 0 radical (unpaired) electrons. The first-order valence-corrected chi connectivity index (χ1v) is 8.48. The molecule has 0 bridgehead atoms. The summed E-state index contributed by atoms with van der Waals surface area (Å²) in [4.78, 5) is 31.3. The average molecular weight is 362 g/mol. The standard InChI is InChI=1S/C18H20ClN3O3/c1-25-16-3-2-15(19)10-14(16)11-17(23)21-6-8-22(9-7-21)18(24)13-4-5-20-12-13/h2-5,10,12,20H,6-9,11H2,1H3. The van der Waals surface area contributed by atoms with Gasteiger partial charge in [0.15, 0.2) is 0 Å². The van der Waals surface area contributed by atoms with E-state index in [1.54, 1.807) is 53.6 Å². The van der Waals surface area contributed by atoms with Crippen LogP contribution in [0.4, 0.5) is 0 Å². The van der Waals surface area contributed by atoms with Crippen LogP contribution in [-0.2, 0) is 11.2 Å². The third kappa shape index (κ3) is 3.96. The number of piperazine rings is 1. The minimum atomic E-state index is -0.00939. The van der Waals surface area contributed by atoms with Crippen LogP contribution >= 0.6 is 11.6 Å². The number of hydrogen-bond acceptors (Lipinski definition) is 3. The number of amides is 2. The maximum absolute atomic E-state index is 12.6. The van der Waals surface area contributed by atoms with Crippen molar-refractivity contribution in [2.75, 3.05) is 33.3 Å². The van der Waals surface area contributed by atoms with Crippen LogP contribution in [0, 0.1) is 0 Å². The number of benzene rings is 1. The lowest BCUT2D eigenvalue weighted by atomic mass is 10.1. The molecule has 2 aromatic rings. The highest BCUT2D eigenvalue weighted by molar-refractivity contribution is 6.30. The number of carbonyl (C=O) groups is 2. The zero-order valence-electron chi connectivity index (χ0n) is 14.0. The molecule has 1 aromatic carbocycles. The molecule has 3 rings (SSSR count). The van der Waals surface area contributed by atoms with Crippen molar-refractivity contribution in [2.45, 2.75) is 6.42 Å². The van der Waals surface area contributed by atoms with Gasteiger partial charge in [-0.25, -0.2) is 0 Å². The Balaban J connectivity index is 1.59. The molecular formula is C18H20ClN3O3. The number of hydrogen-bond donors (Lipinski definition) is 1. The summed E-state index contributed by atoms with van der Waals surface area (Å²) in [5.74, 6) is 0.651. The minimum absolute atomic E-state index is 0.00862. The summed E-state index contributed by atoms with van der Waals surface area (Å²) in [5, 5.41) is 0.575. The van der Waals surface area contributed by atoms with Gasteiger partial charge in [-0.3, -0.25) is 9.59 Å². The summed E-state index contributed by atoms with van der Waals surface area (Å²) >= 11 is 6.02. The molecule has 2 amide bonds. The van der Waals surface area contributed by atoms with Gasteiger partial charge in [-0.15, -0.1) is 0 Å². The van der Waals surface area contributed by atoms with Crippen molar-refractivity contribution in [3.8, 4) is 5.75 Å². The van der Waals surface area contributed by atoms with E-state index in [2.05, 4.69) is 4.98 Å². The van der Waals surface area contributed by atoms with Crippen molar-refractivity contribution in [1.29, 1.82) is 0 Å². The summed E-state index contributed by atoms with van der Waals surface area (Å²) in [7, 11) is 1.57. The molecule has 1 aliphatic rings. The Labute approximate surface area is 151 Å². The molecule has 6 nitrogen and oxygen atoms in total. The van der Waals surface area contributed by atoms with Gasteiger partial charge < -0.3 is 19.5 Å². The van der Waals surface area contributed by atoms with E-state index < -0.39 is 0 Å². The van der Waals surface area contributed by atoms with Gasteiger partial charge in [0.1, 0.15) is 5.75 Å². The SMILES string of the molecule is COc1ccc(Cl)cc1CC(=O)N1CCN(C(=O)c2cc[nH]c2)CC1. The molecular weight excluding hydrogens is 342 g/mol. The summed E-state index contributed by atoms with van der Waals surface area (Å²) < 4.78 is 5.29. The van der Waals surface area contributed by atoms with E-state index in [4.69, 9.17) is 16.3 Å². The molecule has 7 heteroatoms. The summed E-state index contributed by atoms with van der Waals surface area (Å²) in [6.45, 7) is 2.11. The molecule has 1 N–H and O–H groups in total. The van der Waals surface area contributed by atoms with Gasteiger partial charge in [0.05, 0.1) is 19.1 Å². The first-order chi connectivity index (χ1) is 12.1.